The molecule has 290 valence electrons. The number of fused-ring (bicyclic) bond motifs is 3. The Labute approximate surface area is 348 Å². The standard InChI is InChI=1S/C24H16ClN3O2.C22H16N8/c1-14(28-23(29)15-7-2-3-8-16(15)24(28)30)18-13-27-22-17(9-6-10-19(22)25)21(18)20-11-4-5-12-26-20;1-13(30-22-16(10-24)21(25)28-12-29-22)17-11-27-20-14(9-23)5-4-6-15(20)19(17)18-7-2-3-8-26-18/h2-14H,1H3;2-8,11-13H,1H3,(H3,25,28,29,30). The summed E-state index contributed by atoms with van der Waals surface area (Å²) in [6.07, 6.45) is 8.15. The number of imide groups is 1. The molecule has 2 unspecified atom stereocenters. The summed E-state index contributed by atoms with van der Waals surface area (Å²) in [6, 6.07) is 32.6. The van der Waals surface area contributed by atoms with E-state index in [-0.39, 0.29) is 29.2 Å². The van der Waals surface area contributed by atoms with E-state index in [2.05, 4.69) is 41.3 Å². The molecule has 3 N–H and O–H groups in total. The van der Waals surface area contributed by atoms with Gasteiger partial charge in [0.05, 0.1) is 56.2 Å². The van der Waals surface area contributed by atoms with Crippen molar-refractivity contribution in [2.75, 3.05) is 11.1 Å². The van der Waals surface area contributed by atoms with Crippen molar-refractivity contribution in [2.45, 2.75) is 25.9 Å². The van der Waals surface area contributed by atoms with Gasteiger partial charge in [0, 0.05) is 57.8 Å². The number of para-hydroxylation sites is 2. The van der Waals surface area contributed by atoms with Crippen LogP contribution in [0.1, 0.15) is 68.9 Å². The molecule has 1 aliphatic heterocycles. The number of nitrogens with one attached hydrogen (secondary N) is 1. The van der Waals surface area contributed by atoms with Crippen LogP contribution in [0.25, 0.3) is 44.3 Å². The SMILES string of the molecule is CC(Nc1ncnc(N)c1C#N)c1cnc2c(C#N)cccc2c1-c1ccccn1.CC(c1cnc2c(Cl)cccc2c1-c1ccccn1)N1C(=O)c2ccccc2C1=O. The van der Waals surface area contributed by atoms with Gasteiger partial charge in [0.1, 0.15) is 35.7 Å². The Kier molecular flexibility index (Phi) is 10.6. The molecule has 3 aromatic carbocycles. The monoisotopic (exact) mass is 805 g/mol. The number of carbonyl (C=O) groups is 2. The van der Waals surface area contributed by atoms with Gasteiger partial charge in [0.15, 0.2) is 0 Å². The van der Waals surface area contributed by atoms with Crippen LogP contribution in [0, 0.1) is 22.7 Å². The zero-order chi connectivity index (χ0) is 41.9. The Morgan fingerprint density at radius 2 is 1.25 bits per heavy atom. The van der Waals surface area contributed by atoms with E-state index in [4.69, 9.17) is 17.3 Å². The minimum Gasteiger partial charge on any atom is -0.382 e. The second-order valence-electron chi connectivity index (χ2n) is 13.7. The van der Waals surface area contributed by atoms with Crippen molar-refractivity contribution < 1.29 is 9.59 Å². The van der Waals surface area contributed by atoms with E-state index in [9.17, 15) is 20.1 Å². The zero-order valence-corrected chi connectivity index (χ0v) is 32.8. The van der Waals surface area contributed by atoms with Crippen LogP contribution in [0.15, 0.2) is 128 Å². The number of aromatic nitrogens is 6. The highest BCUT2D eigenvalue weighted by Crippen LogP contribution is 2.40. The Bertz CT molecular complexity index is 3020. The fourth-order valence-electron chi connectivity index (χ4n) is 7.37. The van der Waals surface area contributed by atoms with Crippen molar-refractivity contribution >= 4 is 56.9 Å². The van der Waals surface area contributed by atoms with Crippen LogP contribution in [-0.2, 0) is 0 Å². The number of nitriles is 2. The molecule has 14 heteroatoms. The highest BCUT2D eigenvalue weighted by atomic mass is 35.5. The van der Waals surface area contributed by atoms with Crippen molar-refractivity contribution in [3.05, 3.63) is 167 Å². The van der Waals surface area contributed by atoms with Gasteiger partial charge in [-0.15, -0.1) is 0 Å². The lowest BCUT2D eigenvalue weighted by atomic mass is 9.95. The van der Waals surface area contributed by atoms with Crippen LogP contribution < -0.4 is 11.1 Å². The predicted octanol–water partition coefficient (Wildman–Crippen LogP) is 8.89. The first-order chi connectivity index (χ1) is 29.2. The van der Waals surface area contributed by atoms with Gasteiger partial charge in [0.2, 0.25) is 0 Å². The molecule has 0 bridgehead atoms. The molecular weight excluding hydrogens is 774 g/mol. The maximum absolute atomic E-state index is 13.0. The largest absolute Gasteiger partial charge is 0.382 e. The molecule has 13 nitrogen and oxygen atoms in total. The van der Waals surface area contributed by atoms with Crippen molar-refractivity contribution in [3.63, 3.8) is 0 Å². The maximum atomic E-state index is 13.0. The molecular formula is C46H32ClN11O2. The second-order valence-corrected chi connectivity index (χ2v) is 14.1. The number of hydrogen-bond donors (Lipinski definition) is 2. The molecule has 8 aromatic rings. The lowest BCUT2D eigenvalue weighted by Gasteiger charge is -2.25. The molecule has 0 aliphatic carbocycles. The van der Waals surface area contributed by atoms with Crippen LogP contribution in [0.2, 0.25) is 5.02 Å². The highest BCUT2D eigenvalue weighted by molar-refractivity contribution is 6.35. The fraction of sp³-hybridized carbons (Fsp3) is 0.0870. The summed E-state index contributed by atoms with van der Waals surface area (Å²) in [5.41, 5.74) is 13.3. The number of amides is 2. The fourth-order valence-corrected chi connectivity index (χ4v) is 7.59. The normalized spacial score (nSPS) is 12.8. The summed E-state index contributed by atoms with van der Waals surface area (Å²) in [7, 11) is 0. The van der Waals surface area contributed by atoms with Crippen molar-refractivity contribution in [1.29, 1.82) is 10.5 Å². The number of halogens is 1. The summed E-state index contributed by atoms with van der Waals surface area (Å²) in [5.74, 6) is -0.152. The Morgan fingerprint density at radius 3 is 1.87 bits per heavy atom. The van der Waals surface area contributed by atoms with Gasteiger partial charge in [-0.3, -0.25) is 34.4 Å². The first-order valence-electron chi connectivity index (χ1n) is 18.7. The average molecular weight is 806 g/mol. The zero-order valence-electron chi connectivity index (χ0n) is 32.1. The third-order valence-electron chi connectivity index (χ3n) is 10.2. The number of nitrogens with zero attached hydrogens (tertiary/aromatic N) is 9. The number of nitrogen functional groups attached to an aromatic ring is 1. The number of rotatable bonds is 7. The van der Waals surface area contributed by atoms with E-state index in [0.29, 0.717) is 38.6 Å². The summed E-state index contributed by atoms with van der Waals surface area (Å²) in [5, 5.41) is 24.3. The predicted molar refractivity (Wildman–Crippen MR) is 228 cm³/mol. The molecule has 0 spiro atoms. The Balaban J connectivity index is 0.000000166. The van der Waals surface area contributed by atoms with Crippen LogP contribution >= 0.6 is 11.6 Å². The lowest BCUT2D eigenvalue weighted by molar-refractivity contribution is 0.0595. The number of nitrogens with two attached hydrogens (primary N) is 1. The molecule has 5 aromatic heterocycles. The van der Waals surface area contributed by atoms with E-state index >= 15 is 0 Å². The van der Waals surface area contributed by atoms with Gasteiger partial charge in [-0.2, -0.15) is 10.5 Å². The average Bonchev–Trinajstić information content (AvgIpc) is 3.54. The molecule has 9 rings (SSSR count). The smallest absolute Gasteiger partial charge is 0.262 e. The van der Waals surface area contributed by atoms with E-state index in [1.807, 2.05) is 80.6 Å². The van der Waals surface area contributed by atoms with Crippen LogP contribution in [0.5, 0.6) is 0 Å². The van der Waals surface area contributed by atoms with Gasteiger partial charge >= 0.3 is 0 Å². The molecule has 2 atom stereocenters. The first-order valence-corrected chi connectivity index (χ1v) is 19.0. The van der Waals surface area contributed by atoms with Crippen LogP contribution in [-0.4, -0.2) is 46.6 Å². The number of pyridine rings is 4. The van der Waals surface area contributed by atoms with E-state index < -0.39 is 6.04 Å². The van der Waals surface area contributed by atoms with E-state index in [0.717, 1.165) is 44.4 Å². The molecule has 6 heterocycles. The summed E-state index contributed by atoms with van der Waals surface area (Å²) < 4.78 is 0. The van der Waals surface area contributed by atoms with E-state index in [1.54, 1.807) is 61.2 Å². The topological polar surface area (TPSA) is 200 Å². The van der Waals surface area contributed by atoms with Crippen molar-refractivity contribution in [3.8, 4) is 34.7 Å². The molecule has 1 aliphatic rings. The molecule has 2 amide bonds. The molecule has 0 saturated carbocycles. The molecule has 0 fully saturated rings. The van der Waals surface area contributed by atoms with E-state index in [1.165, 1.54) is 11.2 Å². The third-order valence-corrected chi connectivity index (χ3v) is 10.5. The summed E-state index contributed by atoms with van der Waals surface area (Å²) in [6.45, 7) is 3.77. The van der Waals surface area contributed by atoms with Crippen LogP contribution in [0.3, 0.4) is 0 Å². The van der Waals surface area contributed by atoms with Gasteiger partial charge in [-0.25, -0.2) is 9.97 Å². The van der Waals surface area contributed by atoms with Gasteiger partial charge < -0.3 is 11.1 Å². The molecule has 0 radical (unpaired) electrons. The Hall–Kier alpha value is -8.13. The van der Waals surface area contributed by atoms with Crippen molar-refractivity contribution in [2.24, 2.45) is 0 Å². The molecule has 0 saturated heterocycles. The Morgan fingerprint density at radius 1 is 0.667 bits per heavy atom. The van der Waals surface area contributed by atoms with Crippen LogP contribution in [0.4, 0.5) is 11.6 Å². The summed E-state index contributed by atoms with van der Waals surface area (Å²) >= 11 is 6.38. The number of benzene rings is 3. The maximum Gasteiger partial charge on any atom is 0.262 e. The highest BCUT2D eigenvalue weighted by Gasteiger charge is 2.39. The minimum atomic E-state index is -0.537. The number of hydrogen-bond acceptors (Lipinski definition) is 12. The summed E-state index contributed by atoms with van der Waals surface area (Å²) in [4.78, 5) is 53.5. The number of anilines is 2. The lowest BCUT2D eigenvalue weighted by Crippen LogP contribution is -2.33. The first kappa shape index (κ1) is 38.7. The van der Waals surface area contributed by atoms with Gasteiger partial charge in [0.25, 0.3) is 11.8 Å². The van der Waals surface area contributed by atoms with Gasteiger partial charge in [-0.05, 0) is 62.4 Å². The third kappa shape index (κ3) is 6.95. The quantitative estimate of drug-likeness (QED) is 0.145. The van der Waals surface area contributed by atoms with Gasteiger partial charge in [-0.1, -0.05) is 60.1 Å². The second kappa shape index (κ2) is 16.4. The number of carbonyl (C=O) groups excluding carboxylic acids is 2. The minimum absolute atomic E-state index is 0.113. The van der Waals surface area contributed by atoms with Crippen molar-refractivity contribution in [1.82, 2.24) is 34.8 Å². The molecule has 60 heavy (non-hydrogen) atoms.